The molecule has 0 spiro atoms. The topological polar surface area (TPSA) is 15.3 Å². The normalized spacial score (nSPS) is 27.4. The lowest BCUT2D eigenvalue weighted by atomic mass is 9.78. The second kappa shape index (κ2) is 7.39. The third kappa shape index (κ3) is 3.85. The van der Waals surface area contributed by atoms with Crippen LogP contribution >= 0.6 is 27.3 Å². The molecular formula is C16H25BrN2S. The van der Waals surface area contributed by atoms with Gasteiger partial charge < -0.3 is 5.32 Å². The molecule has 0 unspecified atom stereocenters. The van der Waals surface area contributed by atoms with Crippen LogP contribution in [0, 0.1) is 5.92 Å². The Morgan fingerprint density at radius 3 is 2.95 bits per heavy atom. The van der Waals surface area contributed by atoms with Gasteiger partial charge in [0, 0.05) is 40.4 Å². The van der Waals surface area contributed by atoms with Crippen molar-refractivity contribution in [2.45, 2.75) is 51.1 Å². The number of piperidine rings is 1. The molecule has 1 aromatic rings. The van der Waals surface area contributed by atoms with Crippen molar-refractivity contribution in [2.75, 3.05) is 19.6 Å². The fraction of sp³-hybridized carbons (Fsp3) is 0.750. The van der Waals surface area contributed by atoms with E-state index in [1.807, 2.05) is 11.3 Å². The second-order valence-electron chi connectivity index (χ2n) is 6.20. The molecule has 1 saturated heterocycles. The molecule has 0 amide bonds. The van der Waals surface area contributed by atoms with Crippen molar-refractivity contribution in [3.05, 3.63) is 20.8 Å². The Hall–Kier alpha value is 0.1000. The summed E-state index contributed by atoms with van der Waals surface area (Å²) >= 11 is 5.35. The highest BCUT2D eigenvalue weighted by Crippen LogP contribution is 2.34. The summed E-state index contributed by atoms with van der Waals surface area (Å²) in [6.07, 6.45) is 8.76. The van der Waals surface area contributed by atoms with E-state index in [-0.39, 0.29) is 0 Å². The van der Waals surface area contributed by atoms with E-state index in [4.69, 9.17) is 0 Å². The maximum Gasteiger partial charge on any atom is 0.0300 e. The molecule has 1 aromatic heterocycles. The second-order valence-corrected chi connectivity index (χ2v) is 8.11. The molecule has 112 valence electrons. The van der Waals surface area contributed by atoms with E-state index in [1.165, 1.54) is 61.0 Å². The molecule has 20 heavy (non-hydrogen) atoms. The first-order valence-corrected chi connectivity index (χ1v) is 9.68. The van der Waals surface area contributed by atoms with Crippen molar-refractivity contribution in [2.24, 2.45) is 5.92 Å². The number of likely N-dealkylation sites (tertiary alicyclic amines) is 1. The molecule has 0 radical (unpaired) electrons. The minimum Gasteiger partial charge on any atom is -0.311 e. The molecule has 2 aliphatic rings. The van der Waals surface area contributed by atoms with Crippen LogP contribution in [-0.4, -0.2) is 30.6 Å². The largest absolute Gasteiger partial charge is 0.311 e. The highest BCUT2D eigenvalue weighted by molar-refractivity contribution is 9.10. The van der Waals surface area contributed by atoms with Crippen LogP contribution in [0.3, 0.4) is 0 Å². The van der Waals surface area contributed by atoms with Gasteiger partial charge in [0.15, 0.2) is 0 Å². The monoisotopic (exact) mass is 356 g/mol. The zero-order chi connectivity index (χ0) is 13.8. The average Bonchev–Trinajstić information content (AvgIpc) is 2.89. The standard InChI is InChI=1S/C16H25BrN2S/c17-14-10-15(20-12-14)11-18-7-9-19-8-3-5-13-4-1-2-6-16(13)19/h10,12-13,16,18H,1-9,11H2/t13-,16-/m1/s1. The molecule has 2 nitrogen and oxygen atoms in total. The van der Waals surface area contributed by atoms with Gasteiger partial charge >= 0.3 is 0 Å². The Morgan fingerprint density at radius 2 is 2.10 bits per heavy atom. The fourth-order valence-corrected chi connectivity index (χ4v) is 5.31. The lowest BCUT2D eigenvalue weighted by molar-refractivity contribution is 0.0618. The van der Waals surface area contributed by atoms with Gasteiger partial charge in [0.2, 0.25) is 0 Å². The molecule has 1 saturated carbocycles. The lowest BCUT2D eigenvalue weighted by Gasteiger charge is -2.44. The summed E-state index contributed by atoms with van der Waals surface area (Å²) in [4.78, 5) is 4.19. The van der Waals surface area contributed by atoms with Gasteiger partial charge in [-0.05, 0) is 60.1 Å². The molecule has 1 aliphatic carbocycles. The number of fused-ring (bicyclic) bond motifs is 1. The van der Waals surface area contributed by atoms with Gasteiger partial charge in [-0.3, -0.25) is 4.90 Å². The highest BCUT2D eigenvalue weighted by atomic mass is 79.9. The van der Waals surface area contributed by atoms with Crippen molar-refractivity contribution >= 4 is 27.3 Å². The van der Waals surface area contributed by atoms with Gasteiger partial charge in [-0.15, -0.1) is 11.3 Å². The number of rotatable bonds is 5. The summed E-state index contributed by atoms with van der Waals surface area (Å²) in [5.74, 6) is 1.01. The van der Waals surface area contributed by atoms with Crippen LogP contribution in [0.2, 0.25) is 0 Å². The summed E-state index contributed by atoms with van der Waals surface area (Å²) in [5.41, 5.74) is 0. The van der Waals surface area contributed by atoms with Gasteiger partial charge in [0.1, 0.15) is 0 Å². The van der Waals surface area contributed by atoms with Gasteiger partial charge in [0.05, 0.1) is 0 Å². The van der Waals surface area contributed by atoms with E-state index in [0.29, 0.717) is 0 Å². The Morgan fingerprint density at radius 1 is 1.25 bits per heavy atom. The van der Waals surface area contributed by atoms with Crippen LogP contribution in [0.25, 0.3) is 0 Å². The van der Waals surface area contributed by atoms with Crippen LogP contribution in [0.5, 0.6) is 0 Å². The highest BCUT2D eigenvalue weighted by Gasteiger charge is 2.32. The van der Waals surface area contributed by atoms with E-state index in [2.05, 4.69) is 37.6 Å². The maximum absolute atomic E-state index is 3.61. The average molecular weight is 357 g/mol. The van der Waals surface area contributed by atoms with Crippen molar-refractivity contribution in [1.29, 1.82) is 0 Å². The van der Waals surface area contributed by atoms with Gasteiger partial charge in [-0.25, -0.2) is 0 Å². The van der Waals surface area contributed by atoms with Crippen molar-refractivity contribution in [1.82, 2.24) is 10.2 Å². The molecule has 0 aromatic carbocycles. The third-order valence-corrected chi connectivity index (χ3v) is 6.55. The first-order chi connectivity index (χ1) is 9.83. The van der Waals surface area contributed by atoms with Crippen LogP contribution in [0.4, 0.5) is 0 Å². The smallest absolute Gasteiger partial charge is 0.0300 e. The summed E-state index contributed by atoms with van der Waals surface area (Å²) in [6, 6.07) is 3.12. The fourth-order valence-electron chi connectivity index (χ4n) is 3.89. The lowest BCUT2D eigenvalue weighted by Crippen LogP contribution is -2.48. The zero-order valence-corrected chi connectivity index (χ0v) is 14.5. The van der Waals surface area contributed by atoms with E-state index < -0.39 is 0 Å². The minimum absolute atomic E-state index is 0.898. The predicted molar refractivity (Wildman–Crippen MR) is 90.3 cm³/mol. The SMILES string of the molecule is Brc1csc(CNCCN2CCC[C@H]3CCCC[C@H]32)c1. The van der Waals surface area contributed by atoms with E-state index in [1.54, 1.807) is 0 Å². The summed E-state index contributed by atoms with van der Waals surface area (Å²) in [7, 11) is 0. The number of hydrogen-bond acceptors (Lipinski definition) is 3. The predicted octanol–water partition coefficient (Wildman–Crippen LogP) is 4.25. The molecule has 0 bridgehead atoms. The number of nitrogens with one attached hydrogen (secondary N) is 1. The first-order valence-electron chi connectivity index (χ1n) is 8.00. The number of nitrogens with zero attached hydrogens (tertiary/aromatic N) is 1. The molecule has 1 aliphatic heterocycles. The molecule has 4 heteroatoms. The van der Waals surface area contributed by atoms with Gasteiger partial charge in [-0.2, -0.15) is 0 Å². The van der Waals surface area contributed by atoms with Crippen molar-refractivity contribution < 1.29 is 0 Å². The number of hydrogen-bond donors (Lipinski definition) is 1. The molecule has 2 fully saturated rings. The van der Waals surface area contributed by atoms with Gasteiger partial charge in [-0.1, -0.05) is 12.8 Å². The molecular weight excluding hydrogens is 332 g/mol. The van der Waals surface area contributed by atoms with Gasteiger partial charge in [0.25, 0.3) is 0 Å². The zero-order valence-electron chi connectivity index (χ0n) is 12.1. The van der Waals surface area contributed by atoms with Crippen molar-refractivity contribution in [3.63, 3.8) is 0 Å². The Kier molecular flexibility index (Phi) is 5.55. The summed E-state index contributed by atoms with van der Waals surface area (Å²) in [6.45, 7) is 4.69. The van der Waals surface area contributed by atoms with Crippen LogP contribution in [0.1, 0.15) is 43.4 Å². The number of halogens is 1. The van der Waals surface area contributed by atoms with E-state index in [9.17, 15) is 0 Å². The van der Waals surface area contributed by atoms with Crippen molar-refractivity contribution in [3.8, 4) is 0 Å². The summed E-state index contributed by atoms with van der Waals surface area (Å²) in [5, 5.41) is 5.77. The third-order valence-electron chi connectivity index (χ3n) is 4.86. The maximum atomic E-state index is 3.61. The van der Waals surface area contributed by atoms with E-state index in [0.717, 1.165) is 25.0 Å². The first kappa shape index (κ1) is 15.0. The molecule has 2 atom stereocenters. The Labute approximate surface area is 135 Å². The van der Waals surface area contributed by atoms with Crippen LogP contribution in [0.15, 0.2) is 15.9 Å². The van der Waals surface area contributed by atoms with Crippen LogP contribution in [-0.2, 0) is 6.54 Å². The molecule has 3 rings (SSSR count). The van der Waals surface area contributed by atoms with E-state index >= 15 is 0 Å². The quantitative estimate of drug-likeness (QED) is 0.793. The minimum atomic E-state index is 0.898. The Bertz CT molecular complexity index is 418. The number of thiophene rings is 1. The Balaban J connectivity index is 1.41. The molecule has 1 N–H and O–H groups in total. The molecule has 2 heterocycles. The summed E-state index contributed by atoms with van der Waals surface area (Å²) < 4.78 is 1.21. The van der Waals surface area contributed by atoms with Crippen LogP contribution < -0.4 is 5.32 Å².